The maximum absolute atomic E-state index is 13.3. The molecule has 0 saturated carbocycles. The molecule has 1 aliphatic heterocycles. The highest BCUT2D eigenvalue weighted by Crippen LogP contribution is 2.29. The molecular formula is C20H30N4O3S2. The molecule has 1 atom stereocenters. The van der Waals surface area contributed by atoms with Crippen molar-refractivity contribution in [1.82, 2.24) is 18.0 Å². The summed E-state index contributed by atoms with van der Waals surface area (Å²) in [6.07, 6.45) is 1.40. The van der Waals surface area contributed by atoms with Gasteiger partial charge in [-0.15, -0.1) is 0 Å². The fraction of sp³-hybridized carbons (Fsp3) is 0.650. The Hall–Kier alpha value is -1.58. The maximum Gasteiger partial charge on any atom is 0.245 e. The molecule has 0 radical (unpaired) electrons. The Labute approximate surface area is 177 Å². The molecule has 1 aromatic carbocycles. The lowest BCUT2D eigenvalue weighted by molar-refractivity contribution is -0.137. The lowest BCUT2D eigenvalue weighted by Crippen LogP contribution is -2.48. The first-order valence-corrected chi connectivity index (χ1v) is 12.4. The lowest BCUT2D eigenvalue weighted by atomic mass is 9.97. The zero-order chi connectivity index (χ0) is 21.2. The monoisotopic (exact) mass is 438 g/mol. The number of carbonyl (C=O) groups excluding carboxylic acids is 1. The summed E-state index contributed by atoms with van der Waals surface area (Å²) in [5.74, 6) is 0.511. The van der Waals surface area contributed by atoms with Gasteiger partial charge in [-0.25, -0.2) is 8.42 Å². The second-order valence-corrected chi connectivity index (χ2v) is 11.1. The van der Waals surface area contributed by atoms with Gasteiger partial charge in [-0.1, -0.05) is 33.8 Å². The molecule has 1 aliphatic rings. The summed E-state index contributed by atoms with van der Waals surface area (Å²) < 4.78 is 36.4. The molecule has 1 amide bonds. The van der Waals surface area contributed by atoms with E-state index in [2.05, 4.69) is 36.4 Å². The largest absolute Gasteiger partial charge is 0.342 e. The van der Waals surface area contributed by atoms with Gasteiger partial charge < -0.3 is 4.90 Å². The lowest BCUT2D eigenvalue weighted by Gasteiger charge is -2.35. The van der Waals surface area contributed by atoms with Crippen LogP contribution in [-0.4, -0.2) is 58.5 Å². The Bertz CT molecular complexity index is 946. The highest BCUT2D eigenvalue weighted by atomic mass is 32.2. The van der Waals surface area contributed by atoms with Crippen molar-refractivity contribution in [3.8, 4) is 0 Å². The van der Waals surface area contributed by atoms with Gasteiger partial charge >= 0.3 is 0 Å². The zero-order valence-corrected chi connectivity index (χ0v) is 19.2. The molecule has 160 valence electrons. The number of fused-ring (bicyclic) bond motifs is 1. The number of hydrogen-bond donors (Lipinski definition) is 0. The van der Waals surface area contributed by atoms with Crippen LogP contribution in [0.5, 0.6) is 0 Å². The molecule has 29 heavy (non-hydrogen) atoms. The van der Waals surface area contributed by atoms with Crippen LogP contribution in [0.1, 0.15) is 40.5 Å². The van der Waals surface area contributed by atoms with Crippen LogP contribution in [0, 0.1) is 17.8 Å². The summed E-state index contributed by atoms with van der Waals surface area (Å²) >= 11 is 1.01. The molecule has 0 N–H and O–H groups in total. The van der Waals surface area contributed by atoms with Crippen molar-refractivity contribution in [2.75, 3.05) is 26.2 Å². The van der Waals surface area contributed by atoms with Crippen molar-refractivity contribution < 1.29 is 13.2 Å². The average Bonchev–Trinajstić information content (AvgIpc) is 3.15. The van der Waals surface area contributed by atoms with Gasteiger partial charge in [-0.05, 0) is 36.8 Å². The van der Waals surface area contributed by atoms with Crippen molar-refractivity contribution in [1.29, 1.82) is 0 Å². The third-order valence-corrected chi connectivity index (χ3v) is 7.52. The van der Waals surface area contributed by atoms with Gasteiger partial charge in [0.05, 0.1) is 17.6 Å². The Balaban J connectivity index is 1.82. The number of amides is 1. The maximum atomic E-state index is 13.3. The van der Waals surface area contributed by atoms with Crippen LogP contribution >= 0.6 is 11.7 Å². The molecule has 1 aromatic heterocycles. The molecule has 9 heteroatoms. The topological polar surface area (TPSA) is 83.5 Å². The molecule has 2 heterocycles. The van der Waals surface area contributed by atoms with E-state index in [0.29, 0.717) is 48.9 Å². The number of hydrogen-bond acceptors (Lipinski definition) is 6. The smallest absolute Gasteiger partial charge is 0.245 e. The summed E-state index contributed by atoms with van der Waals surface area (Å²) in [6, 6.07) is 5.03. The van der Waals surface area contributed by atoms with Crippen LogP contribution in [0.2, 0.25) is 0 Å². The van der Waals surface area contributed by atoms with Gasteiger partial charge in [-0.3, -0.25) is 4.79 Å². The van der Waals surface area contributed by atoms with Crippen LogP contribution in [0.4, 0.5) is 0 Å². The minimum Gasteiger partial charge on any atom is -0.342 e. The fourth-order valence-corrected chi connectivity index (χ4v) is 6.16. The van der Waals surface area contributed by atoms with E-state index in [4.69, 9.17) is 0 Å². The molecule has 1 saturated heterocycles. The number of piperidine rings is 1. The third-order valence-electron chi connectivity index (χ3n) is 5.08. The third kappa shape index (κ3) is 4.95. The van der Waals surface area contributed by atoms with Crippen LogP contribution < -0.4 is 0 Å². The van der Waals surface area contributed by atoms with E-state index < -0.39 is 10.0 Å². The van der Waals surface area contributed by atoms with Crippen molar-refractivity contribution in [2.24, 2.45) is 17.8 Å². The van der Waals surface area contributed by atoms with E-state index in [0.717, 1.165) is 18.1 Å². The van der Waals surface area contributed by atoms with Crippen molar-refractivity contribution in [2.45, 2.75) is 45.4 Å². The highest BCUT2D eigenvalue weighted by molar-refractivity contribution is 7.89. The van der Waals surface area contributed by atoms with Crippen molar-refractivity contribution in [3.05, 3.63) is 18.2 Å². The molecule has 0 spiro atoms. The number of benzene rings is 1. The van der Waals surface area contributed by atoms with Gasteiger partial charge in [-0.2, -0.15) is 13.1 Å². The number of carbonyl (C=O) groups is 1. The van der Waals surface area contributed by atoms with Crippen LogP contribution in [0.15, 0.2) is 23.1 Å². The number of aromatic nitrogens is 2. The fourth-order valence-electron chi connectivity index (χ4n) is 3.89. The van der Waals surface area contributed by atoms with E-state index in [-0.39, 0.29) is 23.3 Å². The minimum atomic E-state index is -3.73. The minimum absolute atomic E-state index is 0.0702. The summed E-state index contributed by atoms with van der Waals surface area (Å²) in [6.45, 7) is 10.4. The summed E-state index contributed by atoms with van der Waals surface area (Å²) in [7, 11) is -3.73. The molecule has 0 bridgehead atoms. The Kier molecular flexibility index (Phi) is 6.90. The molecule has 0 aliphatic carbocycles. The molecule has 2 aromatic rings. The van der Waals surface area contributed by atoms with Gasteiger partial charge in [0.25, 0.3) is 0 Å². The second kappa shape index (κ2) is 9.06. The number of nitrogens with zero attached hydrogens (tertiary/aromatic N) is 4. The summed E-state index contributed by atoms with van der Waals surface area (Å²) in [4.78, 5) is 15.3. The van der Waals surface area contributed by atoms with Crippen molar-refractivity contribution in [3.63, 3.8) is 0 Å². The van der Waals surface area contributed by atoms with E-state index in [9.17, 15) is 13.2 Å². The van der Waals surface area contributed by atoms with E-state index in [1.165, 1.54) is 4.31 Å². The first kappa shape index (κ1) is 22.1. The molecular weight excluding hydrogens is 408 g/mol. The SMILES string of the molecule is CC(C)CN(CC(C)C)C(=O)C1CCCN(S(=O)(=O)c2cccc3nsnc23)C1. The zero-order valence-electron chi connectivity index (χ0n) is 17.5. The number of rotatable bonds is 7. The Morgan fingerprint density at radius 1 is 1.21 bits per heavy atom. The van der Waals surface area contributed by atoms with Gasteiger partial charge in [0.15, 0.2) is 0 Å². The van der Waals surface area contributed by atoms with E-state index in [1.807, 2.05) is 4.90 Å². The molecule has 1 unspecified atom stereocenters. The van der Waals surface area contributed by atoms with Crippen molar-refractivity contribution >= 4 is 38.7 Å². The van der Waals surface area contributed by atoms with Crippen LogP contribution in [0.3, 0.4) is 0 Å². The first-order valence-electron chi connectivity index (χ1n) is 10.2. The quantitative estimate of drug-likeness (QED) is 0.663. The average molecular weight is 439 g/mol. The Morgan fingerprint density at radius 3 is 2.55 bits per heavy atom. The predicted molar refractivity (Wildman–Crippen MR) is 115 cm³/mol. The molecule has 3 rings (SSSR count). The van der Waals surface area contributed by atoms with Gasteiger partial charge in [0, 0.05) is 26.2 Å². The summed E-state index contributed by atoms with van der Waals surface area (Å²) in [5.41, 5.74) is 0.993. The van der Waals surface area contributed by atoms with Gasteiger partial charge in [0.2, 0.25) is 15.9 Å². The van der Waals surface area contributed by atoms with Gasteiger partial charge in [0.1, 0.15) is 15.9 Å². The normalized spacial score (nSPS) is 18.6. The summed E-state index contributed by atoms with van der Waals surface area (Å²) in [5, 5.41) is 0. The van der Waals surface area contributed by atoms with E-state index >= 15 is 0 Å². The first-order chi connectivity index (χ1) is 13.7. The molecule has 7 nitrogen and oxygen atoms in total. The predicted octanol–water partition coefficient (Wildman–Crippen LogP) is 3.23. The molecule has 1 fully saturated rings. The highest BCUT2D eigenvalue weighted by Gasteiger charge is 2.36. The van der Waals surface area contributed by atoms with Crippen LogP contribution in [-0.2, 0) is 14.8 Å². The number of sulfonamides is 1. The standard InChI is InChI=1S/C20H30N4O3S2/c1-14(2)11-23(12-15(3)4)20(25)16-7-6-10-24(13-16)29(26,27)18-9-5-8-17-19(18)22-28-21-17/h5,8-9,14-16H,6-7,10-13H2,1-4H3. The second-order valence-electron chi connectivity index (χ2n) is 8.62. The van der Waals surface area contributed by atoms with Crippen LogP contribution in [0.25, 0.3) is 11.0 Å². The van der Waals surface area contributed by atoms with E-state index in [1.54, 1.807) is 18.2 Å². The Morgan fingerprint density at radius 2 is 1.90 bits per heavy atom.